The molecule has 3 heteroatoms. The molecule has 1 heterocycles. The van der Waals surface area contributed by atoms with E-state index in [9.17, 15) is 0 Å². The van der Waals surface area contributed by atoms with Crippen LogP contribution in [-0.4, -0.2) is 7.05 Å². The minimum atomic E-state index is 0.352. The molecule has 0 aliphatic carbocycles. The fraction of sp³-hybridized carbons (Fsp3) is 0.714. The fourth-order valence-corrected chi connectivity index (χ4v) is 3.08. The number of nitrogens with one attached hydrogen (secondary N) is 1. The van der Waals surface area contributed by atoms with Gasteiger partial charge in [-0.25, -0.2) is 0 Å². The minimum Gasteiger partial charge on any atom is -0.312 e. The molecule has 1 aromatic rings. The van der Waals surface area contributed by atoms with Crippen LogP contribution in [0.5, 0.6) is 0 Å². The van der Waals surface area contributed by atoms with E-state index in [0.29, 0.717) is 17.4 Å². The Morgan fingerprint density at radius 2 is 2.00 bits per heavy atom. The monoisotopic (exact) mass is 273 g/mol. The Kier molecular flexibility index (Phi) is 5.06. The van der Waals surface area contributed by atoms with Crippen molar-refractivity contribution >= 4 is 22.9 Å². The summed E-state index contributed by atoms with van der Waals surface area (Å²) in [6, 6.07) is 2.63. The normalized spacial score (nSPS) is 15.9. The Bertz CT molecular complexity index is 345. The third kappa shape index (κ3) is 3.97. The molecule has 0 aliphatic heterocycles. The van der Waals surface area contributed by atoms with Crippen LogP contribution in [0.3, 0.4) is 0 Å². The Balaban J connectivity index is 2.79. The fourth-order valence-electron chi connectivity index (χ4n) is 1.74. The smallest absolute Gasteiger partial charge is 0.0960 e. The van der Waals surface area contributed by atoms with Crippen molar-refractivity contribution in [2.24, 2.45) is 11.3 Å². The van der Waals surface area contributed by atoms with Gasteiger partial charge in [-0.05, 0) is 43.4 Å². The summed E-state index contributed by atoms with van der Waals surface area (Å²) in [5.41, 5.74) is 1.54. The highest BCUT2D eigenvalue weighted by molar-refractivity contribution is 7.16. The van der Waals surface area contributed by atoms with E-state index in [1.807, 2.05) is 7.05 Å². The lowest BCUT2D eigenvalue weighted by Crippen LogP contribution is -2.24. The first kappa shape index (κ1) is 15.0. The van der Waals surface area contributed by atoms with Gasteiger partial charge in [0.25, 0.3) is 0 Å². The van der Waals surface area contributed by atoms with Crippen LogP contribution >= 0.6 is 22.9 Å². The third-order valence-electron chi connectivity index (χ3n) is 3.64. The molecule has 0 radical (unpaired) electrons. The standard InChI is InChI=1S/C14H24ClNS/c1-9-7-12(17-13(9)15)11(16-6)8-10(2)14(3,4)5/h7,10-11,16H,8H2,1-6H3. The molecule has 1 rings (SSSR count). The zero-order valence-corrected chi connectivity index (χ0v) is 13.3. The van der Waals surface area contributed by atoms with Gasteiger partial charge in [0, 0.05) is 10.9 Å². The van der Waals surface area contributed by atoms with Gasteiger partial charge in [0.15, 0.2) is 0 Å². The summed E-state index contributed by atoms with van der Waals surface area (Å²) in [6.07, 6.45) is 1.15. The van der Waals surface area contributed by atoms with Crippen LogP contribution in [0.2, 0.25) is 4.34 Å². The maximum atomic E-state index is 6.15. The van der Waals surface area contributed by atoms with Gasteiger partial charge in [-0.1, -0.05) is 39.3 Å². The average Bonchev–Trinajstić information content (AvgIpc) is 2.53. The quantitative estimate of drug-likeness (QED) is 0.810. The van der Waals surface area contributed by atoms with Gasteiger partial charge in [0.1, 0.15) is 0 Å². The van der Waals surface area contributed by atoms with Gasteiger partial charge in [-0.3, -0.25) is 0 Å². The summed E-state index contributed by atoms with van der Waals surface area (Å²) in [4.78, 5) is 1.35. The number of aryl methyl sites for hydroxylation is 1. The lowest BCUT2D eigenvalue weighted by molar-refractivity contribution is 0.227. The number of hydrogen-bond donors (Lipinski definition) is 1. The highest BCUT2D eigenvalue weighted by atomic mass is 35.5. The SMILES string of the molecule is CNC(CC(C)C(C)(C)C)c1cc(C)c(Cl)s1. The van der Waals surface area contributed by atoms with E-state index in [4.69, 9.17) is 11.6 Å². The van der Waals surface area contributed by atoms with Crippen LogP contribution in [-0.2, 0) is 0 Å². The van der Waals surface area contributed by atoms with Gasteiger partial charge in [-0.15, -0.1) is 11.3 Å². The van der Waals surface area contributed by atoms with E-state index in [2.05, 4.69) is 46.0 Å². The molecule has 1 nitrogen and oxygen atoms in total. The Morgan fingerprint density at radius 1 is 1.41 bits per heavy atom. The van der Waals surface area contributed by atoms with E-state index >= 15 is 0 Å². The van der Waals surface area contributed by atoms with Crippen molar-refractivity contribution in [1.82, 2.24) is 5.32 Å². The molecule has 0 fully saturated rings. The molecule has 0 aromatic carbocycles. The lowest BCUT2D eigenvalue weighted by Gasteiger charge is -2.30. The van der Waals surface area contributed by atoms with E-state index in [-0.39, 0.29) is 0 Å². The van der Waals surface area contributed by atoms with Crippen molar-refractivity contribution in [3.8, 4) is 0 Å². The van der Waals surface area contributed by atoms with Crippen LogP contribution in [0, 0.1) is 18.3 Å². The van der Waals surface area contributed by atoms with Crippen molar-refractivity contribution in [3.63, 3.8) is 0 Å². The summed E-state index contributed by atoms with van der Waals surface area (Å²) >= 11 is 7.85. The molecule has 0 bridgehead atoms. The van der Waals surface area contributed by atoms with Crippen molar-refractivity contribution in [1.29, 1.82) is 0 Å². The van der Waals surface area contributed by atoms with Crippen LogP contribution in [0.15, 0.2) is 6.07 Å². The molecule has 0 spiro atoms. The zero-order valence-electron chi connectivity index (χ0n) is 11.7. The van der Waals surface area contributed by atoms with E-state index in [0.717, 1.165) is 10.8 Å². The molecule has 17 heavy (non-hydrogen) atoms. The summed E-state index contributed by atoms with van der Waals surface area (Å²) in [7, 11) is 2.03. The van der Waals surface area contributed by atoms with E-state index in [1.54, 1.807) is 11.3 Å². The van der Waals surface area contributed by atoms with Crippen molar-refractivity contribution in [3.05, 3.63) is 20.8 Å². The summed E-state index contributed by atoms with van der Waals surface area (Å²) in [6.45, 7) is 11.3. The largest absolute Gasteiger partial charge is 0.312 e. The molecule has 2 unspecified atom stereocenters. The molecule has 2 atom stereocenters. The highest BCUT2D eigenvalue weighted by Gasteiger charge is 2.24. The molecular formula is C14H24ClNS. The first-order chi connectivity index (χ1) is 7.75. The predicted molar refractivity (Wildman–Crippen MR) is 79.1 cm³/mol. The Hall–Kier alpha value is -0.0500. The molecule has 0 amide bonds. The Labute approximate surface area is 115 Å². The summed E-state index contributed by atoms with van der Waals surface area (Å²) in [5.74, 6) is 0.668. The maximum Gasteiger partial charge on any atom is 0.0960 e. The highest BCUT2D eigenvalue weighted by Crippen LogP contribution is 2.37. The van der Waals surface area contributed by atoms with Gasteiger partial charge in [0.05, 0.1) is 4.34 Å². The molecule has 0 aliphatic rings. The topological polar surface area (TPSA) is 12.0 Å². The first-order valence-electron chi connectivity index (χ1n) is 6.18. The average molecular weight is 274 g/mol. The number of rotatable bonds is 4. The van der Waals surface area contributed by atoms with Crippen molar-refractivity contribution < 1.29 is 0 Å². The molecule has 0 saturated carbocycles. The van der Waals surface area contributed by atoms with Gasteiger partial charge in [0.2, 0.25) is 0 Å². The first-order valence-corrected chi connectivity index (χ1v) is 7.38. The van der Waals surface area contributed by atoms with E-state index < -0.39 is 0 Å². The van der Waals surface area contributed by atoms with Crippen molar-refractivity contribution in [2.75, 3.05) is 7.05 Å². The molecular weight excluding hydrogens is 250 g/mol. The minimum absolute atomic E-state index is 0.352. The third-order valence-corrected chi connectivity index (χ3v) is 5.30. The summed E-state index contributed by atoms with van der Waals surface area (Å²) < 4.78 is 0.920. The lowest BCUT2D eigenvalue weighted by atomic mass is 9.78. The van der Waals surface area contributed by atoms with Gasteiger partial charge in [-0.2, -0.15) is 0 Å². The number of halogens is 1. The Morgan fingerprint density at radius 3 is 2.35 bits per heavy atom. The molecule has 98 valence electrons. The number of hydrogen-bond acceptors (Lipinski definition) is 2. The summed E-state index contributed by atoms with van der Waals surface area (Å²) in [5, 5.41) is 3.41. The molecule has 1 N–H and O–H groups in total. The van der Waals surface area contributed by atoms with Crippen molar-refractivity contribution in [2.45, 2.75) is 47.1 Å². The zero-order chi connectivity index (χ0) is 13.2. The molecule has 1 aromatic heterocycles. The van der Waals surface area contributed by atoms with Crippen LogP contribution < -0.4 is 5.32 Å². The van der Waals surface area contributed by atoms with E-state index in [1.165, 1.54) is 10.4 Å². The van der Waals surface area contributed by atoms with Crippen LogP contribution in [0.25, 0.3) is 0 Å². The second-order valence-corrected chi connectivity index (χ2v) is 7.64. The second-order valence-electron chi connectivity index (χ2n) is 5.95. The molecule has 0 saturated heterocycles. The van der Waals surface area contributed by atoms with Gasteiger partial charge >= 0.3 is 0 Å². The maximum absolute atomic E-state index is 6.15. The second kappa shape index (κ2) is 5.73. The van der Waals surface area contributed by atoms with Gasteiger partial charge < -0.3 is 5.32 Å². The van der Waals surface area contributed by atoms with Crippen LogP contribution in [0.1, 0.15) is 50.6 Å². The number of thiophene rings is 1. The van der Waals surface area contributed by atoms with Crippen LogP contribution in [0.4, 0.5) is 0 Å². The predicted octanol–water partition coefficient (Wildman–Crippen LogP) is 5.04.